The highest BCUT2D eigenvalue weighted by Crippen LogP contribution is 2.66. The van der Waals surface area contributed by atoms with Gasteiger partial charge in [-0.1, -0.05) is 43.5 Å². The van der Waals surface area contributed by atoms with Gasteiger partial charge in [-0.2, -0.15) is 4.90 Å². The Kier molecular flexibility index (Phi) is 5.67. The third kappa shape index (κ3) is 3.01. The first kappa shape index (κ1) is 24.7. The van der Waals surface area contributed by atoms with Gasteiger partial charge in [0.15, 0.2) is 9.75 Å². The molecule has 0 unspecified atom stereocenters. The molecule has 1 aromatic rings. The summed E-state index contributed by atoms with van der Waals surface area (Å²) >= 11 is 20.6. The number of hydrogen-bond donors (Lipinski definition) is 2. The number of urea groups is 1. The second-order valence-corrected chi connectivity index (χ2v) is 11.7. The Morgan fingerprint density at radius 2 is 1.83 bits per heavy atom. The fourth-order valence-electron chi connectivity index (χ4n) is 6.07. The van der Waals surface area contributed by atoms with Crippen LogP contribution in [0.15, 0.2) is 34.3 Å². The second-order valence-electron chi connectivity index (χ2n) is 9.04. The molecule has 0 radical (unpaired) electrons. The number of rotatable bonds is 2. The number of carbonyl (C=O) groups is 5. The number of phenols is 1. The quantitative estimate of drug-likeness (QED) is 0.219. The van der Waals surface area contributed by atoms with Crippen molar-refractivity contribution in [1.82, 2.24) is 9.80 Å². The van der Waals surface area contributed by atoms with Gasteiger partial charge in [0, 0.05) is 16.0 Å². The largest absolute Gasteiger partial charge is 0.508 e. The summed E-state index contributed by atoms with van der Waals surface area (Å²) in [5.74, 6) is -6.99. The maximum Gasteiger partial charge on any atom is 0.328 e. The van der Waals surface area contributed by atoms with E-state index < -0.39 is 63.1 Å². The number of phenolic OH excluding ortho intramolecular Hbond substituents is 1. The minimum absolute atomic E-state index is 0.0860. The molecular formula is C22H17Br2Cl2N3O6. The van der Waals surface area contributed by atoms with Crippen molar-refractivity contribution >= 4 is 84.7 Å². The Hall–Kier alpha value is -1.95. The van der Waals surface area contributed by atoms with E-state index in [1.807, 2.05) is 0 Å². The average molecular weight is 650 g/mol. The van der Waals surface area contributed by atoms with Crippen LogP contribution in [0.3, 0.4) is 0 Å². The summed E-state index contributed by atoms with van der Waals surface area (Å²) in [5.41, 5.74) is 5.87. The number of hydrogen-bond acceptors (Lipinski definition) is 6. The molecule has 2 heterocycles. The van der Waals surface area contributed by atoms with Crippen LogP contribution in [-0.4, -0.2) is 59.8 Å². The number of imide groups is 4. The van der Waals surface area contributed by atoms with Crippen LogP contribution in [0.1, 0.15) is 24.3 Å². The molecule has 184 valence electrons. The number of nitrogens with zero attached hydrogens (tertiary/aromatic N) is 2. The van der Waals surface area contributed by atoms with Crippen molar-refractivity contribution in [3.8, 4) is 5.75 Å². The minimum atomic E-state index is -2.03. The van der Waals surface area contributed by atoms with Crippen LogP contribution in [0.4, 0.5) is 4.79 Å². The van der Waals surface area contributed by atoms with E-state index in [0.29, 0.717) is 14.9 Å². The van der Waals surface area contributed by atoms with Gasteiger partial charge in [-0.05, 0) is 37.0 Å². The van der Waals surface area contributed by atoms with Gasteiger partial charge in [0.1, 0.15) is 5.75 Å². The Morgan fingerprint density at radius 1 is 1.14 bits per heavy atom. The second kappa shape index (κ2) is 8.03. The van der Waals surface area contributed by atoms with Crippen LogP contribution in [0, 0.1) is 17.8 Å². The Balaban J connectivity index is 1.76. The lowest BCUT2D eigenvalue weighted by molar-refractivity contribution is -0.139. The molecule has 1 saturated carbocycles. The maximum atomic E-state index is 13.6. The van der Waals surface area contributed by atoms with E-state index in [4.69, 9.17) is 28.9 Å². The minimum Gasteiger partial charge on any atom is -0.508 e. The number of fused-ring (bicyclic) bond motifs is 4. The van der Waals surface area contributed by atoms with Crippen molar-refractivity contribution in [3.63, 3.8) is 0 Å². The lowest BCUT2D eigenvalue weighted by atomic mass is 9.56. The lowest BCUT2D eigenvalue weighted by Crippen LogP contribution is -2.60. The summed E-state index contributed by atoms with van der Waals surface area (Å²) in [6.07, 6.45) is 1.56. The summed E-state index contributed by atoms with van der Waals surface area (Å²) in [5, 5.41) is 10.8. The molecule has 2 saturated heterocycles. The molecule has 6 amide bonds. The summed E-state index contributed by atoms with van der Waals surface area (Å²) in [6.45, 7) is 0. The number of halogens is 4. The molecule has 3 fully saturated rings. The van der Waals surface area contributed by atoms with E-state index in [2.05, 4.69) is 31.9 Å². The highest BCUT2D eigenvalue weighted by atomic mass is 79.9. The van der Waals surface area contributed by atoms with Gasteiger partial charge in [-0.25, -0.2) is 4.79 Å². The Morgan fingerprint density at radius 3 is 2.46 bits per heavy atom. The van der Waals surface area contributed by atoms with E-state index in [-0.39, 0.29) is 29.6 Å². The fraction of sp³-hybridized carbons (Fsp3) is 0.409. The molecule has 13 heteroatoms. The molecular weight excluding hydrogens is 633 g/mol. The molecule has 6 atom stereocenters. The van der Waals surface area contributed by atoms with Gasteiger partial charge >= 0.3 is 6.03 Å². The van der Waals surface area contributed by atoms with Crippen LogP contribution in [-0.2, 0) is 19.2 Å². The van der Waals surface area contributed by atoms with Crippen molar-refractivity contribution < 1.29 is 29.1 Å². The molecule has 2 aliphatic carbocycles. The molecule has 35 heavy (non-hydrogen) atoms. The van der Waals surface area contributed by atoms with Crippen LogP contribution < -0.4 is 5.73 Å². The van der Waals surface area contributed by atoms with Gasteiger partial charge < -0.3 is 10.8 Å². The van der Waals surface area contributed by atoms with Crippen LogP contribution in [0.2, 0.25) is 0 Å². The van der Waals surface area contributed by atoms with E-state index in [0.717, 1.165) is 4.90 Å². The first-order valence-corrected chi connectivity index (χ1v) is 13.2. The molecule has 2 aliphatic heterocycles. The van der Waals surface area contributed by atoms with Crippen molar-refractivity contribution in [2.75, 3.05) is 5.45 Å². The number of allylic oxidation sites excluding steroid dienone is 2. The summed E-state index contributed by atoms with van der Waals surface area (Å²) in [7, 11) is 0. The maximum absolute atomic E-state index is 13.6. The number of likely N-dealkylation sites (tertiary alicyclic amines) is 2. The zero-order valence-corrected chi connectivity index (χ0v) is 22.4. The monoisotopic (exact) mass is 647 g/mol. The third-order valence-electron chi connectivity index (χ3n) is 7.54. The lowest BCUT2D eigenvalue weighted by Gasteiger charge is -2.50. The van der Waals surface area contributed by atoms with Gasteiger partial charge in [0.2, 0.25) is 11.8 Å². The van der Waals surface area contributed by atoms with Crippen LogP contribution in [0.5, 0.6) is 5.75 Å². The third-order valence-corrected chi connectivity index (χ3v) is 9.94. The topological polar surface area (TPSA) is 138 Å². The van der Waals surface area contributed by atoms with Crippen LogP contribution in [0.25, 0.3) is 0 Å². The number of benzene rings is 1. The van der Waals surface area contributed by atoms with Gasteiger partial charge in [-0.15, -0.1) is 23.2 Å². The predicted octanol–water partition coefficient (Wildman–Crippen LogP) is 2.94. The zero-order chi connectivity index (χ0) is 25.6. The smallest absolute Gasteiger partial charge is 0.328 e. The first-order valence-electron chi connectivity index (χ1n) is 10.6. The number of primary amides is 1. The van der Waals surface area contributed by atoms with Gasteiger partial charge in [0.05, 0.1) is 17.3 Å². The molecule has 4 aliphatic rings. The van der Waals surface area contributed by atoms with Crippen LogP contribution >= 0.6 is 55.1 Å². The number of nitrogens with two attached hydrogens (primary N) is 1. The van der Waals surface area contributed by atoms with Crippen molar-refractivity contribution in [1.29, 1.82) is 0 Å². The standard InChI is InChI=1S/C22H17Br2Cl2N3O6/c23-7-28-18(33)21(25)6-12-9(2-3-10-14(12)17(32)29(16(10)31)20(27)35)15(22(21,26)19(28)34)11-5-8(24)1-4-13(11)30/h1-2,4-5,10,12,14-15,30H,3,6-7H2,(H2,27,35)/t10-,12+,14-,15+,21+,22-/m0/s1. The number of alkyl halides is 3. The van der Waals surface area contributed by atoms with Crippen molar-refractivity contribution in [3.05, 3.63) is 39.9 Å². The molecule has 0 bridgehead atoms. The normalized spacial score (nSPS) is 36.2. The predicted molar refractivity (Wildman–Crippen MR) is 131 cm³/mol. The molecule has 0 spiro atoms. The molecule has 0 aromatic heterocycles. The summed E-state index contributed by atoms with van der Waals surface area (Å²) < 4.78 is 0.572. The molecule has 3 N–H and O–H groups in total. The molecule has 1 aromatic carbocycles. The van der Waals surface area contributed by atoms with Gasteiger partial charge in [0.25, 0.3) is 11.8 Å². The highest BCUT2D eigenvalue weighted by molar-refractivity contribution is 9.10. The van der Waals surface area contributed by atoms with Gasteiger partial charge in [-0.3, -0.25) is 24.1 Å². The summed E-state index contributed by atoms with van der Waals surface area (Å²) in [6, 6.07) is 3.39. The summed E-state index contributed by atoms with van der Waals surface area (Å²) in [4.78, 5) is 62.3. The number of aromatic hydroxyl groups is 1. The average Bonchev–Trinajstić information content (AvgIpc) is 3.14. The zero-order valence-electron chi connectivity index (χ0n) is 17.7. The Bertz CT molecular complexity index is 1270. The van der Waals surface area contributed by atoms with E-state index >= 15 is 0 Å². The highest BCUT2D eigenvalue weighted by Gasteiger charge is 2.76. The Labute approximate surface area is 225 Å². The fourth-order valence-corrected chi connectivity index (χ4v) is 7.87. The van der Waals surface area contributed by atoms with E-state index in [1.165, 1.54) is 6.07 Å². The molecule has 5 rings (SSSR count). The first-order chi connectivity index (χ1) is 16.4. The van der Waals surface area contributed by atoms with E-state index in [9.17, 15) is 29.1 Å². The van der Waals surface area contributed by atoms with Crippen molar-refractivity contribution in [2.45, 2.75) is 28.5 Å². The number of carbonyl (C=O) groups excluding carboxylic acids is 5. The number of amides is 6. The molecule has 9 nitrogen and oxygen atoms in total. The van der Waals surface area contributed by atoms with Crippen molar-refractivity contribution in [2.24, 2.45) is 23.5 Å². The van der Waals surface area contributed by atoms with E-state index in [1.54, 1.807) is 18.2 Å². The SMILES string of the molecule is NC(=O)N1C(=O)[C@H]2[C@H](CC=C3[C@H]2C[C@@]2(Cl)C(=O)N(CBr)C(=O)[C@@]2(Cl)[C@H]3c2cc(Br)ccc2O)C1=O.